The van der Waals surface area contributed by atoms with Gasteiger partial charge in [-0.05, 0) is 60.9 Å². The maximum atomic E-state index is 13.1. The number of fused-ring (bicyclic) bond motifs is 1. The highest BCUT2D eigenvalue weighted by molar-refractivity contribution is 5.79. The quantitative estimate of drug-likeness (QED) is 0.731. The average molecular weight is 421 g/mol. The number of nitrogens with one attached hydrogen (secondary N) is 1. The molecule has 31 heavy (non-hydrogen) atoms. The molecule has 0 aromatic heterocycles. The van der Waals surface area contributed by atoms with E-state index in [1.54, 1.807) is 0 Å². The van der Waals surface area contributed by atoms with E-state index < -0.39 is 0 Å². The second-order valence-corrected chi connectivity index (χ2v) is 9.24. The van der Waals surface area contributed by atoms with Crippen LogP contribution >= 0.6 is 0 Å². The van der Waals surface area contributed by atoms with Gasteiger partial charge in [-0.1, -0.05) is 49.7 Å². The Morgan fingerprint density at radius 2 is 1.87 bits per heavy atom. The van der Waals surface area contributed by atoms with E-state index in [1.807, 2.05) is 17.0 Å². The van der Waals surface area contributed by atoms with Gasteiger partial charge in [0, 0.05) is 19.0 Å². The number of hydrogen-bond acceptors (Lipinski definition) is 3. The molecule has 0 spiro atoms. The van der Waals surface area contributed by atoms with Crippen LogP contribution in [0.25, 0.3) is 0 Å². The molecule has 5 nitrogen and oxygen atoms in total. The van der Waals surface area contributed by atoms with Gasteiger partial charge in [0.2, 0.25) is 5.91 Å². The lowest BCUT2D eigenvalue weighted by Crippen LogP contribution is -2.41. The molecular weight excluding hydrogens is 388 g/mol. The van der Waals surface area contributed by atoms with Crippen LogP contribution in [-0.4, -0.2) is 35.9 Å². The van der Waals surface area contributed by atoms with E-state index >= 15 is 0 Å². The van der Waals surface area contributed by atoms with Crippen molar-refractivity contribution in [3.05, 3.63) is 64.7 Å². The third kappa shape index (κ3) is 5.27. The summed E-state index contributed by atoms with van der Waals surface area (Å²) < 4.78 is 5.81. The van der Waals surface area contributed by atoms with Gasteiger partial charge in [0.05, 0.1) is 6.04 Å². The Hall–Kier alpha value is -2.82. The van der Waals surface area contributed by atoms with Crippen LogP contribution in [0.5, 0.6) is 5.75 Å². The van der Waals surface area contributed by atoms with E-state index in [1.165, 1.54) is 11.1 Å². The molecule has 5 heteroatoms. The molecule has 2 aromatic carbocycles. The van der Waals surface area contributed by atoms with Crippen LogP contribution in [0.2, 0.25) is 0 Å². The lowest BCUT2D eigenvalue weighted by molar-refractivity contribution is -0.134. The minimum absolute atomic E-state index is 0.0144. The van der Waals surface area contributed by atoms with Crippen LogP contribution < -0.4 is 10.1 Å². The molecule has 2 amide bonds. The predicted octanol–water partition coefficient (Wildman–Crippen LogP) is 4.17. The Morgan fingerprint density at radius 1 is 1.13 bits per heavy atom. The summed E-state index contributed by atoms with van der Waals surface area (Å²) in [5.41, 5.74) is 4.62. The minimum atomic E-state index is -0.139. The van der Waals surface area contributed by atoms with Gasteiger partial charge in [0.1, 0.15) is 5.75 Å². The van der Waals surface area contributed by atoms with Crippen LogP contribution in [0.4, 0.5) is 0 Å². The van der Waals surface area contributed by atoms with Gasteiger partial charge in [-0.2, -0.15) is 0 Å². The number of rotatable bonds is 7. The minimum Gasteiger partial charge on any atom is -0.484 e. The Morgan fingerprint density at radius 3 is 2.55 bits per heavy atom. The predicted molar refractivity (Wildman–Crippen MR) is 121 cm³/mol. The molecule has 0 bridgehead atoms. The molecule has 0 unspecified atom stereocenters. The summed E-state index contributed by atoms with van der Waals surface area (Å²) in [6.45, 7) is 6.95. The molecule has 1 atom stereocenters. The smallest absolute Gasteiger partial charge is 0.258 e. The lowest BCUT2D eigenvalue weighted by Gasteiger charge is -2.38. The van der Waals surface area contributed by atoms with Gasteiger partial charge in [0.15, 0.2) is 6.61 Å². The first-order valence-corrected chi connectivity index (χ1v) is 11.3. The van der Waals surface area contributed by atoms with Crippen LogP contribution in [0.3, 0.4) is 0 Å². The number of nitrogens with zero attached hydrogens (tertiary/aromatic N) is 1. The van der Waals surface area contributed by atoms with Gasteiger partial charge < -0.3 is 15.0 Å². The molecule has 0 radical (unpaired) electrons. The van der Waals surface area contributed by atoms with Crippen molar-refractivity contribution >= 4 is 11.8 Å². The highest BCUT2D eigenvalue weighted by Gasteiger charge is 2.32. The number of amides is 2. The molecule has 4 rings (SSSR count). The van der Waals surface area contributed by atoms with E-state index in [4.69, 9.17) is 4.74 Å². The molecule has 1 saturated carbocycles. The summed E-state index contributed by atoms with van der Waals surface area (Å²) in [6, 6.07) is 14.6. The SMILES string of the molecule is Cc1ccc([C@@H]2c3cc(OCC(=O)NC4CC4)ccc3CCN2C(=O)CC(C)C)cc1. The standard InChI is InChI=1S/C26H32N2O3/c1-17(2)14-25(30)28-13-12-19-8-11-22(31-16-24(29)27-21-9-10-21)15-23(19)26(28)20-6-4-18(3)5-7-20/h4-8,11,15,17,21,26H,9-10,12-14,16H2,1-3H3,(H,27,29)/t26-/m1/s1. The summed E-state index contributed by atoms with van der Waals surface area (Å²) in [7, 11) is 0. The number of carbonyl (C=O) groups is 2. The third-order valence-electron chi connectivity index (χ3n) is 5.95. The summed E-state index contributed by atoms with van der Waals surface area (Å²) >= 11 is 0. The monoisotopic (exact) mass is 420 g/mol. The Labute approximate surface area is 184 Å². The molecule has 0 saturated heterocycles. The first kappa shape index (κ1) is 21.4. The summed E-state index contributed by atoms with van der Waals surface area (Å²) in [5, 5.41) is 2.95. The topological polar surface area (TPSA) is 58.6 Å². The molecule has 1 heterocycles. The number of hydrogen-bond donors (Lipinski definition) is 1. The fraction of sp³-hybridized carbons (Fsp3) is 0.462. The van der Waals surface area contributed by atoms with Gasteiger partial charge >= 0.3 is 0 Å². The van der Waals surface area contributed by atoms with Gasteiger partial charge in [0.25, 0.3) is 5.91 Å². The van der Waals surface area contributed by atoms with Crippen molar-refractivity contribution < 1.29 is 14.3 Å². The normalized spacial score (nSPS) is 17.9. The number of ether oxygens (including phenoxy) is 1. The van der Waals surface area contributed by atoms with Crippen molar-refractivity contribution in [2.24, 2.45) is 5.92 Å². The zero-order chi connectivity index (χ0) is 22.0. The third-order valence-corrected chi connectivity index (χ3v) is 5.95. The maximum Gasteiger partial charge on any atom is 0.258 e. The number of aryl methyl sites for hydroxylation is 1. The maximum absolute atomic E-state index is 13.1. The van der Waals surface area contributed by atoms with E-state index in [9.17, 15) is 9.59 Å². The zero-order valence-corrected chi connectivity index (χ0v) is 18.7. The number of benzene rings is 2. The lowest BCUT2D eigenvalue weighted by atomic mass is 9.87. The second-order valence-electron chi connectivity index (χ2n) is 9.24. The summed E-state index contributed by atoms with van der Waals surface area (Å²) in [5.74, 6) is 1.08. The van der Waals surface area contributed by atoms with Crippen molar-refractivity contribution in [1.82, 2.24) is 10.2 Å². The molecule has 1 N–H and O–H groups in total. The molecule has 164 valence electrons. The van der Waals surface area contributed by atoms with E-state index in [0.29, 0.717) is 30.7 Å². The van der Waals surface area contributed by atoms with E-state index in [2.05, 4.69) is 56.4 Å². The molecule has 2 aromatic rings. The second kappa shape index (κ2) is 9.13. The molecule has 1 aliphatic heterocycles. The highest BCUT2D eigenvalue weighted by atomic mass is 16.5. The van der Waals surface area contributed by atoms with Crippen LogP contribution in [0.15, 0.2) is 42.5 Å². The summed E-state index contributed by atoms with van der Waals surface area (Å²) in [6.07, 6.45) is 3.48. The first-order valence-electron chi connectivity index (χ1n) is 11.3. The van der Waals surface area contributed by atoms with Crippen molar-refractivity contribution in [3.8, 4) is 5.75 Å². The van der Waals surface area contributed by atoms with E-state index in [0.717, 1.165) is 30.4 Å². The van der Waals surface area contributed by atoms with Crippen molar-refractivity contribution in [3.63, 3.8) is 0 Å². The zero-order valence-electron chi connectivity index (χ0n) is 18.7. The van der Waals surface area contributed by atoms with Crippen LogP contribution in [0, 0.1) is 12.8 Å². The van der Waals surface area contributed by atoms with Gasteiger partial charge in [-0.25, -0.2) is 0 Å². The summed E-state index contributed by atoms with van der Waals surface area (Å²) in [4.78, 5) is 27.2. The first-order chi connectivity index (χ1) is 14.9. The van der Waals surface area contributed by atoms with Crippen molar-refractivity contribution in [2.75, 3.05) is 13.2 Å². The van der Waals surface area contributed by atoms with Crippen LogP contribution in [-0.2, 0) is 16.0 Å². The average Bonchev–Trinajstić information content (AvgIpc) is 3.55. The van der Waals surface area contributed by atoms with E-state index in [-0.39, 0.29) is 24.5 Å². The molecule has 1 fully saturated rings. The molecule has 1 aliphatic carbocycles. The van der Waals surface area contributed by atoms with Crippen molar-refractivity contribution in [1.29, 1.82) is 0 Å². The van der Waals surface area contributed by atoms with Crippen LogP contribution in [0.1, 0.15) is 61.4 Å². The molecule has 2 aliphatic rings. The van der Waals surface area contributed by atoms with Gasteiger partial charge in [-0.3, -0.25) is 9.59 Å². The Bertz CT molecular complexity index is 948. The number of carbonyl (C=O) groups excluding carboxylic acids is 2. The van der Waals surface area contributed by atoms with Gasteiger partial charge in [-0.15, -0.1) is 0 Å². The largest absolute Gasteiger partial charge is 0.484 e. The highest BCUT2D eigenvalue weighted by Crippen LogP contribution is 2.38. The fourth-order valence-electron chi connectivity index (χ4n) is 4.17. The Balaban J connectivity index is 1.61. The molecular formula is C26H32N2O3. The fourth-order valence-corrected chi connectivity index (χ4v) is 4.17. The Kier molecular flexibility index (Phi) is 6.30. The van der Waals surface area contributed by atoms with Crippen molar-refractivity contribution in [2.45, 2.75) is 58.5 Å².